The van der Waals surface area contributed by atoms with E-state index >= 15 is 0 Å². The van der Waals surface area contributed by atoms with Crippen LogP contribution in [-0.4, -0.2) is 37.8 Å². The maximum absolute atomic E-state index is 11.8. The molecule has 2 N–H and O–H groups in total. The van der Waals surface area contributed by atoms with Gasteiger partial charge in [-0.05, 0) is 32.4 Å². The quantitative estimate of drug-likeness (QED) is 0.629. The van der Waals surface area contributed by atoms with E-state index in [0.717, 1.165) is 38.9 Å². The highest BCUT2D eigenvalue weighted by molar-refractivity contribution is 7.89. The van der Waals surface area contributed by atoms with Gasteiger partial charge in [0.1, 0.15) is 4.90 Å². The average molecular weight is 288 g/mol. The van der Waals surface area contributed by atoms with E-state index in [1.54, 1.807) is 10.9 Å². The van der Waals surface area contributed by atoms with E-state index in [-0.39, 0.29) is 4.90 Å². The van der Waals surface area contributed by atoms with Crippen LogP contribution in [0.1, 0.15) is 33.1 Å². The van der Waals surface area contributed by atoms with E-state index in [4.69, 9.17) is 0 Å². The Balaban J connectivity index is 2.43. The number of nitrogens with one attached hydrogen (secondary N) is 2. The minimum atomic E-state index is -3.39. The Morgan fingerprint density at radius 1 is 1.21 bits per heavy atom. The Kier molecular flexibility index (Phi) is 7.04. The summed E-state index contributed by atoms with van der Waals surface area (Å²) >= 11 is 0. The summed E-state index contributed by atoms with van der Waals surface area (Å²) in [5, 5.41) is 7.38. The largest absolute Gasteiger partial charge is 0.317 e. The van der Waals surface area contributed by atoms with Crippen LogP contribution in [0.3, 0.4) is 0 Å². The highest BCUT2D eigenvalue weighted by Gasteiger charge is 2.15. The predicted octanol–water partition coefficient (Wildman–Crippen LogP) is 0.961. The number of aryl methyl sites for hydroxylation is 1. The van der Waals surface area contributed by atoms with Crippen LogP contribution in [-0.2, 0) is 16.6 Å². The molecule has 0 aromatic carbocycles. The molecule has 1 aromatic rings. The van der Waals surface area contributed by atoms with Gasteiger partial charge in [-0.3, -0.25) is 4.68 Å². The lowest BCUT2D eigenvalue weighted by molar-refractivity contribution is 0.541. The Hall–Kier alpha value is -0.920. The molecule has 1 heterocycles. The van der Waals surface area contributed by atoms with Crippen molar-refractivity contribution >= 4 is 10.0 Å². The number of rotatable bonds is 10. The second kappa shape index (κ2) is 8.29. The first-order valence-corrected chi connectivity index (χ1v) is 8.31. The fourth-order valence-corrected chi connectivity index (χ4v) is 2.68. The lowest BCUT2D eigenvalue weighted by Gasteiger charge is -2.03. The molecule has 0 aliphatic carbocycles. The summed E-state index contributed by atoms with van der Waals surface area (Å²) < 4.78 is 27.9. The van der Waals surface area contributed by atoms with Crippen molar-refractivity contribution in [2.45, 2.75) is 44.6 Å². The second-order valence-corrected chi connectivity index (χ2v) is 6.21. The van der Waals surface area contributed by atoms with Gasteiger partial charge in [-0.25, -0.2) is 13.1 Å². The van der Waals surface area contributed by atoms with Gasteiger partial charge < -0.3 is 5.32 Å². The molecule has 0 radical (unpaired) electrons. The first-order chi connectivity index (χ1) is 9.10. The molecule has 0 saturated heterocycles. The maximum Gasteiger partial charge on any atom is 0.243 e. The van der Waals surface area contributed by atoms with E-state index in [0.29, 0.717) is 6.54 Å². The third kappa shape index (κ3) is 5.71. The molecule has 0 spiro atoms. The van der Waals surface area contributed by atoms with Gasteiger partial charge in [-0.1, -0.05) is 13.8 Å². The smallest absolute Gasteiger partial charge is 0.243 e. The highest BCUT2D eigenvalue weighted by Crippen LogP contribution is 2.07. The van der Waals surface area contributed by atoms with Crippen molar-refractivity contribution in [1.29, 1.82) is 0 Å². The Bertz CT molecular complexity index is 456. The van der Waals surface area contributed by atoms with Gasteiger partial charge in [-0.15, -0.1) is 0 Å². The van der Waals surface area contributed by atoms with Gasteiger partial charge in [-0.2, -0.15) is 5.10 Å². The molecule has 6 nitrogen and oxygen atoms in total. The molecule has 0 unspecified atom stereocenters. The van der Waals surface area contributed by atoms with E-state index in [1.807, 2.05) is 6.92 Å². The summed E-state index contributed by atoms with van der Waals surface area (Å²) in [6.07, 6.45) is 5.81. The Morgan fingerprint density at radius 2 is 1.95 bits per heavy atom. The van der Waals surface area contributed by atoms with Crippen LogP contribution >= 0.6 is 0 Å². The van der Waals surface area contributed by atoms with Crippen molar-refractivity contribution in [3.05, 3.63) is 12.4 Å². The molecule has 0 bridgehead atoms. The minimum absolute atomic E-state index is 0.238. The lowest BCUT2D eigenvalue weighted by atomic mass is 10.4. The van der Waals surface area contributed by atoms with E-state index in [9.17, 15) is 8.42 Å². The Morgan fingerprint density at radius 3 is 2.63 bits per heavy atom. The molecule has 110 valence electrons. The molecular formula is C12H24N4O2S. The zero-order chi connectivity index (χ0) is 14.1. The van der Waals surface area contributed by atoms with Crippen molar-refractivity contribution in [1.82, 2.24) is 19.8 Å². The first-order valence-electron chi connectivity index (χ1n) is 6.83. The third-order valence-corrected chi connectivity index (χ3v) is 4.05. The minimum Gasteiger partial charge on any atom is -0.317 e. The SMILES string of the molecule is CCCNCCCn1cc(S(=O)(=O)NCCC)cn1. The highest BCUT2D eigenvalue weighted by atomic mass is 32.2. The molecule has 1 aromatic heterocycles. The van der Waals surface area contributed by atoms with Crippen LogP contribution in [0.25, 0.3) is 0 Å². The van der Waals surface area contributed by atoms with Crippen molar-refractivity contribution in [2.75, 3.05) is 19.6 Å². The number of aromatic nitrogens is 2. The summed E-state index contributed by atoms with van der Waals surface area (Å²) in [6.45, 7) is 7.16. The van der Waals surface area contributed by atoms with E-state index in [1.165, 1.54) is 6.20 Å². The summed E-state index contributed by atoms with van der Waals surface area (Å²) in [6, 6.07) is 0. The number of hydrogen-bond donors (Lipinski definition) is 2. The van der Waals surface area contributed by atoms with Crippen molar-refractivity contribution in [3.8, 4) is 0 Å². The normalized spacial score (nSPS) is 11.9. The van der Waals surface area contributed by atoms with Crippen LogP contribution in [0, 0.1) is 0 Å². The topological polar surface area (TPSA) is 76.0 Å². The standard InChI is InChI=1S/C12H24N4O2S/c1-3-6-13-8-5-9-16-11-12(10-14-16)19(17,18)15-7-4-2/h10-11,13,15H,3-9H2,1-2H3. The molecule has 0 aliphatic heterocycles. The van der Waals surface area contributed by atoms with Crippen LogP contribution in [0.5, 0.6) is 0 Å². The van der Waals surface area contributed by atoms with Crippen molar-refractivity contribution in [3.63, 3.8) is 0 Å². The summed E-state index contributed by atoms with van der Waals surface area (Å²) in [5.74, 6) is 0. The fourth-order valence-electron chi connectivity index (χ4n) is 1.59. The molecule has 0 atom stereocenters. The zero-order valence-electron chi connectivity index (χ0n) is 11.7. The van der Waals surface area contributed by atoms with Crippen LogP contribution in [0.4, 0.5) is 0 Å². The van der Waals surface area contributed by atoms with Gasteiger partial charge in [0.15, 0.2) is 0 Å². The number of hydrogen-bond acceptors (Lipinski definition) is 4. The van der Waals surface area contributed by atoms with Gasteiger partial charge in [0.2, 0.25) is 10.0 Å². The first kappa shape index (κ1) is 16.1. The van der Waals surface area contributed by atoms with Gasteiger partial charge in [0, 0.05) is 19.3 Å². The van der Waals surface area contributed by atoms with E-state index in [2.05, 4.69) is 22.1 Å². The summed E-state index contributed by atoms with van der Waals surface area (Å²) in [7, 11) is -3.39. The lowest BCUT2D eigenvalue weighted by Crippen LogP contribution is -2.24. The maximum atomic E-state index is 11.8. The molecule has 0 fully saturated rings. The van der Waals surface area contributed by atoms with Crippen molar-refractivity contribution in [2.24, 2.45) is 0 Å². The van der Waals surface area contributed by atoms with Crippen molar-refractivity contribution < 1.29 is 8.42 Å². The molecule has 0 saturated carbocycles. The zero-order valence-corrected chi connectivity index (χ0v) is 12.5. The van der Waals surface area contributed by atoms with Gasteiger partial charge >= 0.3 is 0 Å². The van der Waals surface area contributed by atoms with Crippen LogP contribution in [0.2, 0.25) is 0 Å². The summed E-state index contributed by atoms with van der Waals surface area (Å²) in [5.41, 5.74) is 0. The van der Waals surface area contributed by atoms with E-state index < -0.39 is 10.0 Å². The van der Waals surface area contributed by atoms with Crippen LogP contribution < -0.4 is 10.0 Å². The molecular weight excluding hydrogens is 264 g/mol. The molecule has 0 aliphatic rings. The Labute approximate surface area is 115 Å². The third-order valence-electron chi connectivity index (χ3n) is 2.63. The fraction of sp³-hybridized carbons (Fsp3) is 0.750. The van der Waals surface area contributed by atoms with Gasteiger partial charge in [0.05, 0.1) is 6.20 Å². The number of nitrogens with zero attached hydrogens (tertiary/aromatic N) is 2. The second-order valence-electron chi connectivity index (χ2n) is 4.44. The predicted molar refractivity (Wildman–Crippen MR) is 75.5 cm³/mol. The van der Waals surface area contributed by atoms with Gasteiger partial charge in [0.25, 0.3) is 0 Å². The molecule has 0 amide bonds. The van der Waals surface area contributed by atoms with Crippen LogP contribution in [0.15, 0.2) is 17.3 Å². The molecule has 7 heteroatoms. The monoisotopic (exact) mass is 288 g/mol. The summed E-state index contributed by atoms with van der Waals surface area (Å²) in [4.78, 5) is 0.238. The number of sulfonamides is 1. The molecule has 19 heavy (non-hydrogen) atoms. The molecule has 1 rings (SSSR count). The average Bonchev–Trinajstić information content (AvgIpc) is 2.86.